The average Bonchev–Trinajstić information content (AvgIpc) is 2.63. The summed E-state index contributed by atoms with van der Waals surface area (Å²) in [6, 6.07) is 16.0. The summed E-state index contributed by atoms with van der Waals surface area (Å²) in [4.78, 5) is 8.57. The third kappa shape index (κ3) is 4.44. The lowest BCUT2D eigenvalue weighted by Gasteiger charge is -2.12. The van der Waals surface area contributed by atoms with Crippen LogP contribution in [0.4, 0.5) is 21.8 Å². The molecule has 0 atom stereocenters. The molecular formula is C19H19FN4O. The van der Waals surface area contributed by atoms with Crippen LogP contribution in [0.2, 0.25) is 0 Å². The first-order valence-electron chi connectivity index (χ1n) is 8.05. The van der Waals surface area contributed by atoms with Crippen molar-refractivity contribution < 1.29 is 9.13 Å². The Morgan fingerprint density at radius 3 is 2.68 bits per heavy atom. The third-order valence-corrected chi connectivity index (χ3v) is 3.50. The van der Waals surface area contributed by atoms with Crippen molar-refractivity contribution >= 4 is 17.5 Å². The van der Waals surface area contributed by atoms with Crippen LogP contribution < -0.4 is 15.4 Å². The molecule has 0 fully saturated rings. The number of benzene rings is 2. The van der Waals surface area contributed by atoms with Gasteiger partial charge in [-0.05, 0) is 31.2 Å². The highest BCUT2D eigenvalue weighted by Crippen LogP contribution is 2.26. The lowest BCUT2D eigenvalue weighted by Crippen LogP contribution is -2.06. The number of aromatic nitrogens is 2. The van der Waals surface area contributed by atoms with Gasteiger partial charge in [-0.15, -0.1) is 0 Å². The number of ether oxygens (including phenoxy) is 1. The van der Waals surface area contributed by atoms with E-state index in [9.17, 15) is 4.39 Å². The highest BCUT2D eigenvalue weighted by atomic mass is 19.1. The SMILES string of the molecule is CCOc1ccccc1Nc1ccnc(NCc2ccccc2F)n1. The molecule has 0 radical (unpaired) electrons. The summed E-state index contributed by atoms with van der Waals surface area (Å²) in [5, 5.41) is 6.25. The number of anilines is 3. The maximum Gasteiger partial charge on any atom is 0.224 e. The van der Waals surface area contributed by atoms with Gasteiger partial charge in [-0.25, -0.2) is 9.37 Å². The summed E-state index contributed by atoms with van der Waals surface area (Å²) in [5.74, 6) is 1.54. The predicted molar refractivity (Wildman–Crippen MR) is 96.7 cm³/mol. The number of rotatable bonds is 7. The van der Waals surface area contributed by atoms with Gasteiger partial charge in [-0.1, -0.05) is 30.3 Å². The van der Waals surface area contributed by atoms with Crippen molar-refractivity contribution in [2.24, 2.45) is 0 Å². The van der Waals surface area contributed by atoms with Crippen LogP contribution in [0.5, 0.6) is 5.75 Å². The normalized spacial score (nSPS) is 10.3. The quantitative estimate of drug-likeness (QED) is 0.670. The van der Waals surface area contributed by atoms with E-state index in [0.29, 0.717) is 30.5 Å². The van der Waals surface area contributed by atoms with Gasteiger partial charge in [0.25, 0.3) is 0 Å². The number of nitrogens with zero attached hydrogens (tertiary/aromatic N) is 2. The Morgan fingerprint density at radius 2 is 1.84 bits per heavy atom. The van der Waals surface area contributed by atoms with Crippen molar-refractivity contribution in [1.82, 2.24) is 9.97 Å². The second-order valence-electron chi connectivity index (χ2n) is 5.26. The van der Waals surface area contributed by atoms with Gasteiger partial charge in [0.2, 0.25) is 5.95 Å². The summed E-state index contributed by atoms with van der Waals surface area (Å²) in [6.07, 6.45) is 1.64. The predicted octanol–water partition coefficient (Wildman–Crippen LogP) is 4.37. The molecule has 1 heterocycles. The number of hydrogen-bond donors (Lipinski definition) is 2. The van der Waals surface area contributed by atoms with Gasteiger partial charge in [0, 0.05) is 18.3 Å². The van der Waals surface area contributed by atoms with Gasteiger partial charge in [-0.2, -0.15) is 4.98 Å². The molecule has 0 saturated heterocycles. The Balaban J connectivity index is 1.71. The molecule has 6 heteroatoms. The van der Waals surface area contributed by atoms with Gasteiger partial charge in [0.1, 0.15) is 17.4 Å². The molecular weight excluding hydrogens is 319 g/mol. The standard InChI is InChI=1S/C19H19FN4O/c1-2-25-17-10-6-5-9-16(17)23-18-11-12-21-19(24-18)22-13-14-7-3-4-8-15(14)20/h3-12H,2,13H2,1H3,(H2,21,22,23,24). The summed E-state index contributed by atoms with van der Waals surface area (Å²) in [6.45, 7) is 2.83. The molecule has 0 spiro atoms. The molecule has 0 amide bonds. The average molecular weight is 338 g/mol. The molecule has 25 heavy (non-hydrogen) atoms. The minimum Gasteiger partial charge on any atom is -0.492 e. The zero-order valence-corrected chi connectivity index (χ0v) is 13.9. The van der Waals surface area contributed by atoms with Crippen LogP contribution in [0.3, 0.4) is 0 Å². The van der Waals surface area contributed by atoms with Crippen LogP contribution in [0.25, 0.3) is 0 Å². The van der Waals surface area contributed by atoms with E-state index in [1.54, 1.807) is 30.5 Å². The summed E-state index contributed by atoms with van der Waals surface area (Å²) in [5.41, 5.74) is 1.38. The van der Waals surface area contributed by atoms with E-state index in [4.69, 9.17) is 4.74 Å². The zero-order chi connectivity index (χ0) is 17.5. The van der Waals surface area contributed by atoms with Crippen LogP contribution in [0.15, 0.2) is 60.8 Å². The Bertz CT molecular complexity index is 841. The maximum atomic E-state index is 13.7. The second-order valence-corrected chi connectivity index (χ2v) is 5.26. The monoisotopic (exact) mass is 338 g/mol. The molecule has 0 bridgehead atoms. The smallest absolute Gasteiger partial charge is 0.224 e. The van der Waals surface area contributed by atoms with Crippen LogP contribution in [0.1, 0.15) is 12.5 Å². The summed E-state index contributed by atoms with van der Waals surface area (Å²) in [7, 11) is 0. The van der Waals surface area contributed by atoms with Gasteiger partial charge < -0.3 is 15.4 Å². The Morgan fingerprint density at radius 1 is 1.04 bits per heavy atom. The first-order chi connectivity index (χ1) is 12.3. The van der Waals surface area contributed by atoms with Crippen molar-refractivity contribution in [2.45, 2.75) is 13.5 Å². The zero-order valence-electron chi connectivity index (χ0n) is 13.9. The Kier molecular flexibility index (Phi) is 5.41. The largest absolute Gasteiger partial charge is 0.492 e. The first kappa shape index (κ1) is 16.7. The molecule has 0 aliphatic heterocycles. The fourth-order valence-electron chi connectivity index (χ4n) is 2.32. The molecule has 0 aliphatic carbocycles. The van der Waals surface area contributed by atoms with Gasteiger partial charge in [0.15, 0.2) is 0 Å². The van der Waals surface area contributed by atoms with E-state index < -0.39 is 0 Å². The van der Waals surface area contributed by atoms with E-state index >= 15 is 0 Å². The highest BCUT2D eigenvalue weighted by molar-refractivity contribution is 5.64. The lowest BCUT2D eigenvalue weighted by atomic mass is 10.2. The van der Waals surface area contributed by atoms with Crippen LogP contribution >= 0.6 is 0 Å². The van der Waals surface area contributed by atoms with E-state index in [-0.39, 0.29) is 5.82 Å². The number of halogens is 1. The fraction of sp³-hybridized carbons (Fsp3) is 0.158. The van der Waals surface area contributed by atoms with Crippen LogP contribution in [-0.2, 0) is 6.54 Å². The molecule has 2 N–H and O–H groups in total. The number of hydrogen-bond acceptors (Lipinski definition) is 5. The van der Waals surface area contributed by atoms with Gasteiger partial charge >= 0.3 is 0 Å². The molecule has 2 aromatic carbocycles. The van der Waals surface area contributed by atoms with E-state index in [2.05, 4.69) is 20.6 Å². The van der Waals surface area contributed by atoms with Gasteiger partial charge in [0.05, 0.1) is 12.3 Å². The van der Waals surface area contributed by atoms with E-state index in [1.165, 1.54) is 6.07 Å². The second kappa shape index (κ2) is 8.10. The minimum absolute atomic E-state index is 0.255. The molecule has 128 valence electrons. The third-order valence-electron chi connectivity index (χ3n) is 3.50. The lowest BCUT2D eigenvalue weighted by molar-refractivity contribution is 0.342. The van der Waals surface area contributed by atoms with Crippen molar-refractivity contribution in [3.8, 4) is 5.75 Å². The van der Waals surface area contributed by atoms with E-state index in [0.717, 1.165) is 11.4 Å². The number of para-hydroxylation sites is 2. The molecule has 0 unspecified atom stereocenters. The molecule has 0 aliphatic rings. The van der Waals surface area contributed by atoms with Crippen molar-refractivity contribution in [3.05, 3.63) is 72.2 Å². The molecule has 0 saturated carbocycles. The molecule has 3 rings (SSSR count). The first-order valence-corrected chi connectivity index (χ1v) is 8.05. The minimum atomic E-state index is -0.255. The molecule has 1 aromatic heterocycles. The Hall–Kier alpha value is -3.15. The van der Waals surface area contributed by atoms with E-state index in [1.807, 2.05) is 31.2 Å². The van der Waals surface area contributed by atoms with Crippen molar-refractivity contribution in [2.75, 3.05) is 17.2 Å². The summed E-state index contributed by atoms with van der Waals surface area (Å²) >= 11 is 0. The molecule has 5 nitrogen and oxygen atoms in total. The maximum absolute atomic E-state index is 13.7. The highest BCUT2D eigenvalue weighted by Gasteiger charge is 2.06. The van der Waals surface area contributed by atoms with Crippen molar-refractivity contribution in [3.63, 3.8) is 0 Å². The molecule has 3 aromatic rings. The van der Waals surface area contributed by atoms with Gasteiger partial charge in [-0.3, -0.25) is 0 Å². The Labute approximate surface area is 145 Å². The number of nitrogens with one attached hydrogen (secondary N) is 2. The fourth-order valence-corrected chi connectivity index (χ4v) is 2.32. The topological polar surface area (TPSA) is 59.1 Å². The van der Waals surface area contributed by atoms with Crippen molar-refractivity contribution in [1.29, 1.82) is 0 Å². The van der Waals surface area contributed by atoms with Crippen LogP contribution in [-0.4, -0.2) is 16.6 Å². The summed E-state index contributed by atoms with van der Waals surface area (Å²) < 4.78 is 19.3. The van der Waals surface area contributed by atoms with Crippen LogP contribution in [0, 0.1) is 5.82 Å².